The Labute approximate surface area is 206 Å². The molecule has 1 aliphatic carbocycles. The molecule has 3 rings (SSSR count). The smallest absolute Gasteiger partial charge is 0.201 e. The molecule has 0 spiro atoms. The lowest BCUT2D eigenvalue weighted by molar-refractivity contribution is -0.521. The lowest BCUT2D eigenvalue weighted by Crippen LogP contribution is -2.25. The Bertz CT molecular complexity index is 966. The maximum atomic E-state index is 5.93. The van der Waals surface area contributed by atoms with Crippen LogP contribution in [-0.2, 0) is 0 Å². The molecule has 0 saturated carbocycles. The number of rotatable bonds is 10. The average molecular weight is 458 g/mol. The Morgan fingerprint density at radius 3 is 1.38 bits per heavy atom. The molecule has 0 amide bonds. The summed E-state index contributed by atoms with van der Waals surface area (Å²) in [7, 11) is 0. The van der Waals surface area contributed by atoms with Gasteiger partial charge < -0.3 is 9.80 Å². The van der Waals surface area contributed by atoms with Gasteiger partial charge in [-0.15, -0.1) is 0 Å². The van der Waals surface area contributed by atoms with Crippen LogP contribution in [0.15, 0.2) is 78.4 Å². The number of hydrogen-bond donors (Lipinski definition) is 1. The summed E-state index contributed by atoms with van der Waals surface area (Å²) in [5.74, 6) is 0. The molecule has 2 aromatic carbocycles. The van der Waals surface area contributed by atoms with E-state index in [9.17, 15) is 0 Å². The van der Waals surface area contributed by atoms with Crippen molar-refractivity contribution in [3.8, 4) is 0 Å². The Balaban J connectivity index is 2.08. The van der Waals surface area contributed by atoms with Crippen LogP contribution in [0.5, 0.6) is 0 Å². The molecule has 2 N–H and O–H groups in total. The van der Waals surface area contributed by atoms with Gasteiger partial charge in [-0.2, -0.15) is 0 Å². The second kappa shape index (κ2) is 12.4. The SMILES string of the molecule is CCN(CC)c1ccc(C(=C2C=CC(=[N+](CC)CN)C=C2)c2ccc(N(CC)CC)cc2)cc1. The molecule has 0 atom stereocenters. The summed E-state index contributed by atoms with van der Waals surface area (Å²) in [5, 5.41) is 0. The Morgan fingerprint density at radius 1 is 0.647 bits per heavy atom. The number of benzene rings is 2. The van der Waals surface area contributed by atoms with E-state index in [1.54, 1.807) is 0 Å². The minimum absolute atomic E-state index is 0.520. The lowest BCUT2D eigenvalue weighted by Gasteiger charge is -2.23. The Morgan fingerprint density at radius 2 is 1.06 bits per heavy atom. The van der Waals surface area contributed by atoms with Crippen molar-refractivity contribution >= 4 is 22.7 Å². The summed E-state index contributed by atoms with van der Waals surface area (Å²) in [5.41, 5.74) is 14.5. The van der Waals surface area contributed by atoms with Crippen LogP contribution in [0.4, 0.5) is 11.4 Å². The Hall–Kier alpha value is -3.11. The number of nitrogens with two attached hydrogens (primary N) is 1. The van der Waals surface area contributed by atoms with Gasteiger partial charge in [-0.3, -0.25) is 5.73 Å². The van der Waals surface area contributed by atoms with Crippen LogP contribution < -0.4 is 15.5 Å². The monoisotopic (exact) mass is 457 g/mol. The molecule has 1 aliphatic rings. The van der Waals surface area contributed by atoms with Crippen LogP contribution >= 0.6 is 0 Å². The van der Waals surface area contributed by atoms with Gasteiger partial charge in [-0.25, -0.2) is 4.58 Å². The van der Waals surface area contributed by atoms with Crippen molar-refractivity contribution in [1.82, 2.24) is 0 Å². The summed E-state index contributed by atoms with van der Waals surface area (Å²) in [4.78, 5) is 4.76. The normalized spacial score (nSPS) is 12.8. The van der Waals surface area contributed by atoms with E-state index in [4.69, 9.17) is 5.73 Å². The number of allylic oxidation sites excluding steroid dienone is 5. The van der Waals surface area contributed by atoms with Gasteiger partial charge in [0.05, 0.1) is 0 Å². The third kappa shape index (κ3) is 5.68. The van der Waals surface area contributed by atoms with Crippen LogP contribution in [0.2, 0.25) is 0 Å². The van der Waals surface area contributed by atoms with Gasteiger partial charge in [0, 0.05) is 49.7 Å². The van der Waals surface area contributed by atoms with Crippen molar-refractivity contribution in [1.29, 1.82) is 0 Å². The standard InChI is InChI=1S/C30H41N4/c1-6-32(7-2)27-17-11-24(12-18-27)30(25-13-19-28(20-14-25)33(8-3)9-4)26-15-21-29(22-16-26)34(10-5)23-31/h11-22H,6-10,23,31H2,1-5H3/q+1. The number of anilines is 2. The first-order valence-electron chi connectivity index (χ1n) is 12.7. The highest BCUT2D eigenvalue weighted by Gasteiger charge is 2.15. The van der Waals surface area contributed by atoms with Gasteiger partial charge in [0.25, 0.3) is 0 Å². The third-order valence-electron chi connectivity index (χ3n) is 6.69. The molecule has 0 aromatic heterocycles. The largest absolute Gasteiger partial charge is 0.372 e. The van der Waals surface area contributed by atoms with E-state index in [1.165, 1.54) is 33.6 Å². The number of nitrogens with zero attached hydrogens (tertiary/aromatic N) is 3. The molecule has 2 aromatic rings. The molecule has 34 heavy (non-hydrogen) atoms. The molecular formula is C30H41N4+. The van der Waals surface area contributed by atoms with E-state index >= 15 is 0 Å². The summed E-state index contributed by atoms with van der Waals surface area (Å²) in [6.07, 6.45) is 8.81. The minimum atomic E-state index is 0.520. The van der Waals surface area contributed by atoms with E-state index in [0.717, 1.165) is 38.4 Å². The molecule has 0 aliphatic heterocycles. The van der Waals surface area contributed by atoms with Gasteiger partial charge in [0.15, 0.2) is 6.67 Å². The summed E-state index contributed by atoms with van der Waals surface area (Å²) in [6.45, 7) is 16.4. The van der Waals surface area contributed by atoms with Gasteiger partial charge in [-0.1, -0.05) is 24.3 Å². The molecular weight excluding hydrogens is 416 g/mol. The molecule has 0 fully saturated rings. The zero-order valence-corrected chi connectivity index (χ0v) is 21.6. The maximum Gasteiger partial charge on any atom is 0.201 e. The second-order valence-corrected chi connectivity index (χ2v) is 8.40. The highest BCUT2D eigenvalue weighted by molar-refractivity contribution is 6.04. The molecule has 0 radical (unpaired) electrons. The van der Waals surface area contributed by atoms with E-state index < -0.39 is 0 Å². The van der Waals surface area contributed by atoms with Crippen LogP contribution in [0, 0.1) is 0 Å². The average Bonchev–Trinajstić information content (AvgIpc) is 2.89. The first-order chi connectivity index (χ1) is 16.6. The van der Waals surface area contributed by atoms with Crippen LogP contribution in [-0.4, -0.2) is 49.7 Å². The Kier molecular flexibility index (Phi) is 9.29. The summed E-state index contributed by atoms with van der Waals surface area (Å²) >= 11 is 0. The van der Waals surface area contributed by atoms with Crippen molar-refractivity contribution in [2.45, 2.75) is 34.6 Å². The zero-order valence-electron chi connectivity index (χ0n) is 21.6. The zero-order chi connectivity index (χ0) is 24.5. The van der Waals surface area contributed by atoms with E-state index in [-0.39, 0.29) is 0 Å². The van der Waals surface area contributed by atoms with Crippen molar-refractivity contribution in [3.63, 3.8) is 0 Å². The molecule has 0 heterocycles. The molecule has 4 heteroatoms. The van der Waals surface area contributed by atoms with Gasteiger partial charge >= 0.3 is 0 Å². The molecule has 0 unspecified atom stereocenters. The fraction of sp³-hybridized carbons (Fsp3) is 0.367. The van der Waals surface area contributed by atoms with E-state index in [2.05, 4.69) is 122 Å². The maximum absolute atomic E-state index is 5.93. The first kappa shape index (κ1) is 25.5. The van der Waals surface area contributed by atoms with Gasteiger partial charge in [0.2, 0.25) is 5.71 Å². The topological polar surface area (TPSA) is 35.5 Å². The van der Waals surface area contributed by atoms with Gasteiger partial charge in [0.1, 0.15) is 6.54 Å². The quantitative estimate of drug-likeness (QED) is 0.367. The van der Waals surface area contributed by atoms with E-state index in [0.29, 0.717) is 6.67 Å². The van der Waals surface area contributed by atoms with Crippen molar-refractivity contribution in [2.24, 2.45) is 5.73 Å². The predicted octanol–water partition coefficient (Wildman–Crippen LogP) is 5.70. The summed E-state index contributed by atoms with van der Waals surface area (Å²) < 4.78 is 2.17. The molecule has 180 valence electrons. The van der Waals surface area contributed by atoms with Crippen molar-refractivity contribution < 1.29 is 4.58 Å². The number of hydrogen-bond acceptors (Lipinski definition) is 3. The summed E-state index contributed by atoms with van der Waals surface area (Å²) in [6, 6.07) is 18.0. The first-order valence-corrected chi connectivity index (χ1v) is 12.7. The van der Waals surface area contributed by atoms with Crippen molar-refractivity contribution in [2.75, 3.05) is 49.2 Å². The fourth-order valence-corrected chi connectivity index (χ4v) is 4.61. The van der Waals surface area contributed by atoms with Crippen LogP contribution in [0.25, 0.3) is 5.57 Å². The molecule has 0 bridgehead atoms. The van der Waals surface area contributed by atoms with Crippen LogP contribution in [0.1, 0.15) is 45.7 Å². The van der Waals surface area contributed by atoms with E-state index in [1.807, 2.05) is 0 Å². The molecule has 0 saturated heterocycles. The third-order valence-corrected chi connectivity index (χ3v) is 6.69. The highest BCUT2D eigenvalue weighted by Crippen LogP contribution is 2.32. The molecule has 4 nitrogen and oxygen atoms in total. The van der Waals surface area contributed by atoms with Gasteiger partial charge in [-0.05, 0) is 93.3 Å². The minimum Gasteiger partial charge on any atom is -0.372 e. The van der Waals surface area contributed by atoms with Crippen molar-refractivity contribution in [3.05, 3.63) is 89.5 Å². The van der Waals surface area contributed by atoms with Crippen LogP contribution in [0.3, 0.4) is 0 Å². The lowest BCUT2D eigenvalue weighted by atomic mass is 9.90. The fourth-order valence-electron chi connectivity index (χ4n) is 4.61. The predicted molar refractivity (Wildman–Crippen MR) is 149 cm³/mol. The highest BCUT2D eigenvalue weighted by atomic mass is 15.1. The second-order valence-electron chi connectivity index (χ2n) is 8.40.